The number of aromatic nitrogens is 2. The minimum atomic E-state index is -0.572. The maximum Gasteiger partial charge on any atom is 0.358 e. The molecule has 1 heterocycles. The molecule has 0 amide bonds. The van der Waals surface area contributed by atoms with Gasteiger partial charge in [-0.05, 0) is 34.1 Å². The number of halogens is 1. The van der Waals surface area contributed by atoms with Crippen LogP contribution in [0.15, 0.2) is 35.1 Å². The lowest BCUT2D eigenvalue weighted by atomic mass is 10.3. The summed E-state index contributed by atoms with van der Waals surface area (Å²) in [4.78, 5) is 19.3. The molecule has 0 unspecified atom stereocenters. The van der Waals surface area contributed by atoms with Gasteiger partial charge in [-0.2, -0.15) is 0 Å². The Morgan fingerprint density at radius 2 is 2.05 bits per heavy atom. The van der Waals surface area contributed by atoms with Crippen LogP contribution in [0.5, 0.6) is 17.4 Å². The summed E-state index contributed by atoms with van der Waals surface area (Å²) >= 11 is 3.36. The largest absolute Gasteiger partial charge is 0.497 e. The average Bonchev–Trinajstić information content (AvgIpc) is 2.48. The van der Waals surface area contributed by atoms with Crippen LogP contribution in [0.4, 0.5) is 0 Å². The van der Waals surface area contributed by atoms with Crippen LogP contribution in [0.2, 0.25) is 0 Å². The van der Waals surface area contributed by atoms with Gasteiger partial charge >= 0.3 is 5.97 Å². The molecule has 104 valence electrons. The van der Waals surface area contributed by atoms with Crippen molar-refractivity contribution in [1.29, 1.82) is 0 Å². The number of ether oxygens (including phenoxy) is 3. The van der Waals surface area contributed by atoms with Crippen molar-refractivity contribution < 1.29 is 19.0 Å². The second-order valence-corrected chi connectivity index (χ2v) is 4.49. The monoisotopic (exact) mass is 338 g/mol. The van der Waals surface area contributed by atoms with E-state index in [0.717, 1.165) is 0 Å². The van der Waals surface area contributed by atoms with E-state index in [9.17, 15) is 4.79 Å². The number of nitrogens with zero attached hydrogens (tertiary/aromatic N) is 2. The molecule has 0 aliphatic heterocycles. The van der Waals surface area contributed by atoms with E-state index in [1.807, 2.05) is 0 Å². The van der Waals surface area contributed by atoms with Crippen molar-refractivity contribution in [3.05, 3.63) is 40.8 Å². The van der Waals surface area contributed by atoms with Crippen molar-refractivity contribution >= 4 is 21.9 Å². The molecule has 0 radical (unpaired) electrons. The van der Waals surface area contributed by atoms with Crippen molar-refractivity contribution in [2.45, 2.75) is 0 Å². The molecule has 20 heavy (non-hydrogen) atoms. The van der Waals surface area contributed by atoms with E-state index < -0.39 is 5.97 Å². The Kier molecular flexibility index (Phi) is 4.52. The number of methoxy groups -OCH3 is 2. The van der Waals surface area contributed by atoms with Crippen molar-refractivity contribution in [2.75, 3.05) is 14.2 Å². The molecule has 0 saturated heterocycles. The fourth-order valence-electron chi connectivity index (χ4n) is 1.40. The minimum absolute atomic E-state index is 0.0784. The number of rotatable bonds is 4. The molecule has 2 rings (SSSR count). The molecule has 0 atom stereocenters. The Balaban J connectivity index is 2.24. The highest BCUT2D eigenvalue weighted by Crippen LogP contribution is 2.31. The van der Waals surface area contributed by atoms with Crippen LogP contribution in [0, 0.1) is 0 Å². The highest BCUT2D eigenvalue weighted by molar-refractivity contribution is 9.10. The van der Waals surface area contributed by atoms with Crippen LogP contribution in [0.1, 0.15) is 10.5 Å². The number of hydrogen-bond donors (Lipinski definition) is 0. The van der Waals surface area contributed by atoms with Crippen molar-refractivity contribution in [2.24, 2.45) is 0 Å². The van der Waals surface area contributed by atoms with Crippen LogP contribution in [0.3, 0.4) is 0 Å². The molecular formula is C13H11BrN2O4. The summed E-state index contributed by atoms with van der Waals surface area (Å²) < 4.78 is 15.9. The van der Waals surface area contributed by atoms with Gasteiger partial charge in [0.2, 0.25) is 5.88 Å². The zero-order valence-electron chi connectivity index (χ0n) is 10.8. The summed E-state index contributed by atoms with van der Waals surface area (Å²) in [5.74, 6) is 0.844. The predicted octanol–water partition coefficient (Wildman–Crippen LogP) is 2.83. The summed E-state index contributed by atoms with van der Waals surface area (Å²) in [6.45, 7) is 0. The van der Waals surface area contributed by atoms with Gasteiger partial charge in [0.05, 0.1) is 31.1 Å². The number of benzene rings is 1. The van der Waals surface area contributed by atoms with Crippen LogP contribution in [0.25, 0.3) is 0 Å². The molecule has 7 heteroatoms. The zero-order valence-corrected chi connectivity index (χ0v) is 12.4. The fraction of sp³-hybridized carbons (Fsp3) is 0.154. The smallest absolute Gasteiger partial charge is 0.358 e. The van der Waals surface area contributed by atoms with E-state index >= 15 is 0 Å². The maximum absolute atomic E-state index is 11.4. The Bertz CT molecular complexity index is 634. The summed E-state index contributed by atoms with van der Waals surface area (Å²) in [7, 11) is 2.85. The Morgan fingerprint density at radius 1 is 1.25 bits per heavy atom. The van der Waals surface area contributed by atoms with Gasteiger partial charge in [-0.15, -0.1) is 0 Å². The van der Waals surface area contributed by atoms with Gasteiger partial charge in [0.25, 0.3) is 0 Å². The standard InChI is InChI=1S/C13H11BrN2O4/c1-18-8-3-4-11(9(14)5-8)20-12-7-15-6-10(16-12)13(17)19-2/h3-7H,1-2H3. The van der Waals surface area contributed by atoms with Crippen molar-refractivity contribution in [1.82, 2.24) is 9.97 Å². The third-order valence-electron chi connectivity index (χ3n) is 2.36. The van der Waals surface area contributed by atoms with Gasteiger partial charge in [-0.25, -0.2) is 9.78 Å². The van der Waals surface area contributed by atoms with Gasteiger partial charge in [0.1, 0.15) is 11.5 Å². The van der Waals surface area contributed by atoms with Gasteiger partial charge in [0, 0.05) is 0 Å². The normalized spacial score (nSPS) is 9.95. The molecule has 1 aromatic carbocycles. The first kappa shape index (κ1) is 14.3. The first-order valence-electron chi connectivity index (χ1n) is 5.56. The zero-order chi connectivity index (χ0) is 14.5. The SMILES string of the molecule is COC(=O)c1cncc(Oc2ccc(OC)cc2Br)n1. The first-order chi connectivity index (χ1) is 9.63. The van der Waals surface area contributed by atoms with Gasteiger partial charge in [0.15, 0.2) is 5.69 Å². The summed E-state index contributed by atoms with van der Waals surface area (Å²) in [6, 6.07) is 5.22. The Labute approximate surface area is 123 Å². The van der Waals surface area contributed by atoms with Crippen LogP contribution in [-0.4, -0.2) is 30.2 Å². The van der Waals surface area contributed by atoms with E-state index in [4.69, 9.17) is 9.47 Å². The Morgan fingerprint density at radius 3 is 2.70 bits per heavy atom. The van der Waals surface area contributed by atoms with E-state index in [2.05, 4.69) is 30.6 Å². The summed E-state index contributed by atoms with van der Waals surface area (Å²) in [5, 5.41) is 0. The third-order valence-corrected chi connectivity index (χ3v) is 2.98. The molecule has 0 spiro atoms. The Hall–Kier alpha value is -2.15. The molecule has 0 N–H and O–H groups in total. The van der Waals surface area contributed by atoms with E-state index in [1.54, 1.807) is 25.3 Å². The second-order valence-electron chi connectivity index (χ2n) is 3.63. The summed E-state index contributed by atoms with van der Waals surface area (Å²) in [6.07, 6.45) is 2.71. The highest BCUT2D eigenvalue weighted by atomic mass is 79.9. The second kappa shape index (κ2) is 6.33. The minimum Gasteiger partial charge on any atom is -0.497 e. The van der Waals surface area contributed by atoms with Crippen LogP contribution in [-0.2, 0) is 4.74 Å². The van der Waals surface area contributed by atoms with Crippen LogP contribution >= 0.6 is 15.9 Å². The van der Waals surface area contributed by atoms with Crippen molar-refractivity contribution in [3.63, 3.8) is 0 Å². The quantitative estimate of drug-likeness (QED) is 0.798. The predicted molar refractivity (Wildman–Crippen MR) is 74.1 cm³/mol. The number of hydrogen-bond acceptors (Lipinski definition) is 6. The lowest BCUT2D eigenvalue weighted by Crippen LogP contribution is -2.05. The topological polar surface area (TPSA) is 70.5 Å². The van der Waals surface area contributed by atoms with E-state index in [0.29, 0.717) is 16.0 Å². The molecule has 6 nitrogen and oxygen atoms in total. The third kappa shape index (κ3) is 3.24. The van der Waals surface area contributed by atoms with E-state index in [1.165, 1.54) is 19.5 Å². The number of carbonyl (C=O) groups excluding carboxylic acids is 1. The lowest BCUT2D eigenvalue weighted by Gasteiger charge is -2.08. The molecule has 0 aliphatic carbocycles. The number of esters is 1. The van der Waals surface area contributed by atoms with Gasteiger partial charge in [-0.3, -0.25) is 4.98 Å². The van der Waals surface area contributed by atoms with Gasteiger partial charge in [-0.1, -0.05) is 0 Å². The molecule has 1 aromatic heterocycles. The first-order valence-corrected chi connectivity index (χ1v) is 6.35. The molecular weight excluding hydrogens is 328 g/mol. The fourth-order valence-corrected chi connectivity index (χ4v) is 1.84. The van der Waals surface area contributed by atoms with Gasteiger partial charge < -0.3 is 14.2 Å². The van der Waals surface area contributed by atoms with Crippen molar-refractivity contribution in [3.8, 4) is 17.4 Å². The molecule has 0 bridgehead atoms. The lowest BCUT2D eigenvalue weighted by molar-refractivity contribution is 0.0592. The highest BCUT2D eigenvalue weighted by Gasteiger charge is 2.11. The number of carbonyl (C=O) groups is 1. The molecule has 2 aromatic rings. The maximum atomic E-state index is 11.4. The average molecular weight is 339 g/mol. The van der Waals surface area contributed by atoms with E-state index in [-0.39, 0.29) is 11.6 Å². The molecule has 0 fully saturated rings. The molecule has 0 saturated carbocycles. The summed E-state index contributed by atoms with van der Waals surface area (Å²) in [5.41, 5.74) is 0.0784. The van der Waals surface area contributed by atoms with Crippen LogP contribution < -0.4 is 9.47 Å². The molecule has 0 aliphatic rings.